The van der Waals surface area contributed by atoms with Crippen LogP contribution in [-0.2, 0) is 0 Å². The van der Waals surface area contributed by atoms with E-state index in [-0.39, 0.29) is 12.5 Å². The molecule has 1 atom stereocenters. The highest BCUT2D eigenvalue weighted by Crippen LogP contribution is 2.38. The third kappa shape index (κ3) is 1.67. The molecule has 0 spiro atoms. The van der Waals surface area contributed by atoms with Crippen molar-refractivity contribution in [1.29, 1.82) is 0 Å². The van der Waals surface area contributed by atoms with Crippen molar-refractivity contribution in [1.82, 2.24) is 14.5 Å². The topological polar surface area (TPSA) is 77.0 Å². The second-order valence-electron chi connectivity index (χ2n) is 4.13. The molecule has 3 N–H and O–H groups in total. The van der Waals surface area contributed by atoms with Crippen LogP contribution in [-0.4, -0.2) is 26.2 Å². The summed E-state index contributed by atoms with van der Waals surface area (Å²) in [6, 6.07) is 0. The highest BCUT2D eigenvalue weighted by molar-refractivity contribution is 6.36. The van der Waals surface area contributed by atoms with Gasteiger partial charge in [-0.2, -0.15) is 0 Å². The Morgan fingerprint density at radius 1 is 1.59 bits per heavy atom. The molecule has 0 aromatic carbocycles. The Morgan fingerprint density at radius 2 is 2.41 bits per heavy atom. The number of aromatic nitrogens is 3. The predicted octanol–water partition coefficient (Wildman–Crippen LogP) is 1.52. The number of nitrogens with two attached hydrogens (primary N) is 1. The van der Waals surface area contributed by atoms with Crippen LogP contribution >= 0.6 is 11.6 Å². The van der Waals surface area contributed by atoms with Gasteiger partial charge < -0.3 is 15.4 Å². The normalized spacial score (nSPS) is 21.3. The molecule has 0 amide bonds. The first-order valence-electron chi connectivity index (χ1n) is 5.28. The third-order valence-corrected chi connectivity index (χ3v) is 3.25. The lowest BCUT2D eigenvalue weighted by molar-refractivity contribution is 0.281. The number of aliphatic hydroxyl groups is 1. The Balaban J connectivity index is 2.13. The Kier molecular flexibility index (Phi) is 2.31. The van der Waals surface area contributed by atoms with Gasteiger partial charge in [-0.3, -0.25) is 0 Å². The first-order chi connectivity index (χ1) is 8.20. The van der Waals surface area contributed by atoms with Gasteiger partial charge in [-0.15, -0.1) is 0 Å². The van der Waals surface area contributed by atoms with Crippen LogP contribution < -0.4 is 5.73 Å². The Labute approximate surface area is 103 Å². The summed E-state index contributed by atoms with van der Waals surface area (Å²) >= 11 is 6.10. The molecule has 6 heteroatoms. The van der Waals surface area contributed by atoms with E-state index in [2.05, 4.69) is 9.97 Å². The van der Waals surface area contributed by atoms with Crippen LogP contribution in [0.3, 0.4) is 0 Å². The molecular weight excluding hydrogens is 240 g/mol. The van der Waals surface area contributed by atoms with E-state index >= 15 is 0 Å². The number of aliphatic hydroxyl groups excluding tert-OH is 1. The third-order valence-electron chi connectivity index (χ3n) is 2.96. The first kappa shape index (κ1) is 10.6. The summed E-state index contributed by atoms with van der Waals surface area (Å²) < 4.78 is 1.83. The van der Waals surface area contributed by atoms with E-state index in [1.165, 1.54) is 11.9 Å². The highest BCUT2D eigenvalue weighted by atomic mass is 35.5. The van der Waals surface area contributed by atoms with Crippen molar-refractivity contribution >= 4 is 34.7 Å². The molecule has 0 saturated heterocycles. The first-order valence-corrected chi connectivity index (χ1v) is 5.66. The van der Waals surface area contributed by atoms with Crippen LogP contribution in [0.4, 0.5) is 5.82 Å². The maximum atomic E-state index is 9.00. The summed E-state index contributed by atoms with van der Waals surface area (Å²) in [5.41, 5.74) is 7.65. The zero-order valence-corrected chi connectivity index (χ0v) is 9.72. The van der Waals surface area contributed by atoms with Crippen LogP contribution in [0.15, 0.2) is 18.1 Å². The lowest BCUT2D eigenvalue weighted by Gasteiger charge is -1.97. The van der Waals surface area contributed by atoms with Gasteiger partial charge in [0.05, 0.1) is 10.4 Å². The number of nitrogen functional groups attached to an aromatic ring is 1. The number of hydrogen-bond donors (Lipinski definition) is 2. The van der Waals surface area contributed by atoms with Crippen LogP contribution in [0.2, 0.25) is 5.02 Å². The molecule has 5 nitrogen and oxygen atoms in total. The molecule has 3 rings (SSSR count). The fourth-order valence-corrected chi connectivity index (χ4v) is 2.19. The van der Waals surface area contributed by atoms with Crippen molar-refractivity contribution in [3.05, 3.63) is 23.1 Å². The Hall–Kier alpha value is -1.59. The van der Waals surface area contributed by atoms with E-state index < -0.39 is 0 Å². The second kappa shape index (κ2) is 3.72. The molecule has 17 heavy (non-hydrogen) atoms. The standard InChI is InChI=1S/C11H11ClN4O/c12-8-3-16(2-6-1-7(6)4-17)11-9(8)10(13)14-5-15-11/h2-3,5,7,17H,1,4H2,(H2,13,14,15). The van der Waals surface area contributed by atoms with Crippen molar-refractivity contribution in [2.24, 2.45) is 5.92 Å². The molecule has 2 aromatic heterocycles. The van der Waals surface area contributed by atoms with Gasteiger partial charge in [-0.05, 0) is 12.0 Å². The van der Waals surface area contributed by atoms with E-state index in [9.17, 15) is 0 Å². The summed E-state index contributed by atoms with van der Waals surface area (Å²) in [6.07, 6.45) is 6.05. The molecule has 0 radical (unpaired) electrons. The quantitative estimate of drug-likeness (QED) is 0.847. The summed E-state index contributed by atoms with van der Waals surface area (Å²) in [5, 5.41) is 10.2. The van der Waals surface area contributed by atoms with Crippen LogP contribution in [0, 0.1) is 5.92 Å². The van der Waals surface area contributed by atoms with Gasteiger partial charge >= 0.3 is 0 Å². The number of anilines is 1. The van der Waals surface area contributed by atoms with Crippen LogP contribution in [0.1, 0.15) is 6.42 Å². The van der Waals surface area contributed by atoms with E-state index in [0.29, 0.717) is 21.9 Å². The van der Waals surface area contributed by atoms with Gasteiger partial charge in [0, 0.05) is 24.9 Å². The molecule has 0 bridgehead atoms. The van der Waals surface area contributed by atoms with Crippen molar-refractivity contribution in [2.45, 2.75) is 6.42 Å². The predicted molar refractivity (Wildman–Crippen MR) is 66.4 cm³/mol. The lowest BCUT2D eigenvalue weighted by Crippen LogP contribution is -1.94. The van der Waals surface area contributed by atoms with Gasteiger partial charge in [0.1, 0.15) is 12.1 Å². The smallest absolute Gasteiger partial charge is 0.151 e. The van der Waals surface area contributed by atoms with Gasteiger partial charge in [0.2, 0.25) is 0 Å². The number of halogens is 1. The zero-order chi connectivity index (χ0) is 12.0. The Morgan fingerprint density at radius 3 is 3.12 bits per heavy atom. The lowest BCUT2D eigenvalue weighted by atomic mass is 10.4. The minimum Gasteiger partial charge on any atom is -0.396 e. The van der Waals surface area contributed by atoms with Gasteiger partial charge in [-0.25, -0.2) is 9.97 Å². The summed E-state index contributed by atoms with van der Waals surface area (Å²) in [7, 11) is 0. The van der Waals surface area contributed by atoms with Crippen molar-refractivity contribution in [2.75, 3.05) is 12.3 Å². The average molecular weight is 251 g/mol. The van der Waals surface area contributed by atoms with E-state index in [0.717, 1.165) is 6.42 Å². The summed E-state index contributed by atoms with van der Waals surface area (Å²) in [4.78, 5) is 8.09. The van der Waals surface area contributed by atoms with Crippen LogP contribution in [0.5, 0.6) is 0 Å². The molecule has 2 heterocycles. The number of nitrogens with zero attached hydrogens (tertiary/aromatic N) is 3. The maximum absolute atomic E-state index is 9.00. The number of hydrogen-bond acceptors (Lipinski definition) is 4. The van der Waals surface area contributed by atoms with Crippen molar-refractivity contribution < 1.29 is 5.11 Å². The molecule has 1 saturated carbocycles. The molecule has 1 aliphatic carbocycles. The van der Waals surface area contributed by atoms with Crippen molar-refractivity contribution in [3.8, 4) is 0 Å². The Bertz CT molecular complexity index is 619. The molecule has 1 aliphatic rings. The number of rotatable bonds is 2. The minimum atomic E-state index is 0.190. The second-order valence-corrected chi connectivity index (χ2v) is 4.54. The fraction of sp³-hybridized carbons (Fsp3) is 0.273. The molecule has 0 aliphatic heterocycles. The minimum absolute atomic E-state index is 0.190. The van der Waals surface area contributed by atoms with E-state index in [1.807, 2.05) is 10.8 Å². The molecule has 1 fully saturated rings. The van der Waals surface area contributed by atoms with Gasteiger partial charge in [0.15, 0.2) is 5.65 Å². The summed E-state index contributed by atoms with van der Waals surface area (Å²) in [5.74, 6) is 0.664. The van der Waals surface area contributed by atoms with E-state index in [4.69, 9.17) is 22.4 Å². The fourth-order valence-electron chi connectivity index (χ4n) is 1.90. The molecule has 88 valence electrons. The maximum Gasteiger partial charge on any atom is 0.151 e. The molecule has 1 unspecified atom stereocenters. The highest BCUT2D eigenvalue weighted by Gasteiger charge is 2.29. The van der Waals surface area contributed by atoms with Crippen molar-refractivity contribution in [3.63, 3.8) is 0 Å². The van der Waals surface area contributed by atoms with Crippen LogP contribution in [0.25, 0.3) is 17.2 Å². The van der Waals surface area contributed by atoms with Gasteiger partial charge in [0.25, 0.3) is 0 Å². The monoisotopic (exact) mass is 250 g/mol. The van der Waals surface area contributed by atoms with Gasteiger partial charge in [-0.1, -0.05) is 11.6 Å². The molecule has 2 aromatic rings. The molecular formula is C11H11ClN4O. The SMILES string of the molecule is Nc1ncnc2c1c(Cl)cn2C=C1CC1CO. The average Bonchev–Trinajstić information content (AvgIpc) is 2.98. The number of fused-ring (bicyclic) bond motifs is 1. The largest absolute Gasteiger partial charge is 0.396 e. The van der Waals surface area contributed by atoms with E-state index in [1.54, 1.807) is 6.20 Å². The summed E-state index contributed by atoms with van der Waals surface area (Å²) in [6.45, 7) is 0.190. The zero-order valence-electron chi connectivity index (χ0n) is 8.97.